The molecule has 0 saturated heterocycles. The highest BCUT2D eigenvalue weighted by Gasteiger charge is 2.26. The van der Waals surface area contributed by atoms with Crippen LogP contribution < -0.4 is 16.0 Å². The molecule has 0 aliphatic heterocycles. The number of rotatable bonds is 6. The second-order valence-corrected chi connectivity index (χ2v) is 7.04. The van der Waals surface area contributed by atoms with Crippen molar-refractivity contribution in [3.8, 4) is 0 Å². The summed E-state index contributed by atoms with van der Waals surface area (Å²) >= 11 is 1.67. The number of carbonyl (C=O) groups excluding carboxylic acids is 1. The van der Waals surface area contributed by atoms with Crippen molar-refractivity contribution in [2.45, 2.75) is 41.2 Å². The van der Waals surface area contributed by atoms with Gasteiger partial charge in [0.2, 0.25) is 5.91 Å². The smallest absolute Gasteiger partial charge is 0.227 e. The fourth-order valence-electron chi connectivity index (χ4n) is 1.94. The minimum Gasteiger partial charge on any atom is -0.359 e. The first-order valence-corrected chi connectivity index (χ1v) is 8.29. The van der Waals surface area contributed by atoms with Gasteiger partial charge in [-0.3, -0.25) is 4.79 Å². The Morgan fingerprint density at radius 2 is 2.00 bits per heavy atom. The number of aliphatic imine (C=N–C) groups is 1. The summed E-state index contributed by atoms with van der Waals surface area (Å²) < 4.78 is 0. The molecule has 1 aromatic rings. The summed E-state index contributed by atoms with van der Waals surface area (Å²) in [4.78, 5) is 22.0. The Bertz CT molecular complexity index is 536. The zero-order valence-corrected chi connectivity index (χ0v) is 15.1. The number of nitrogens with one attached hydrogen (secondary N) is 3. The second-order valence-electron chi connectivity index (χ2n) is 5.75. The molecule has 0 spiro atoms. The molecule has 0 atom stereocenters. The molecule has 0 aliphatic rings. The predicted molar refractivity (Wildman–Crippen MR) is 92.3 cm³/mol. The van der Waals surface area contributed by atoms with Gasteiger partial charge in [-0.25, -0.2) is 9.98 Å². The molecule has 1 amide bonds. The number of hydrogen-bond acceptors (Lipinski definition) is 4. The number of aromatic nitrogens is 1. The lowest BCUT2D eigenvalue weighted by Gasteiger charge is -2.24. The molecule has 6 nitrogen and oxygen atoms in total. The van der Waals surface area contributed by atoms with Gasteiger partial charge in [0.1, 0.15) is 0 Å². The summed E-state index contributed by atoms with van der Waals surface area (Å²) in [5.74, 6) is 0.717. The van der Waals surface area contributed by atoms with Crippen LogP contribution >= 0.6 is 11.3 Å². The van der Waals surface area contributed by atoms with E-state index >= 15 is 0 Å². The summed E-state index contributed by atoms with van der Waals surface area (Å²) in [5.41, 5.74) is 0.537. The Morgan fingerprint density at radius 1 is 1.32 bits per heavy atom. The zero-order chi connectivity index (χ0) is 16.8. The van der Waals surface area contributed by atoms with E-state index in [1.165, 1.54) is 4.88 Å². The standard InChI is InChI=1S/C15H27N5OS/c1-7-17-14(19-9-15(4,5)13(21)16-6)18-8-12-10(2)20-11(3)22-12/h7-9H2,1-6H3,(H,16,21)(H2,17,18,19). The van der Waals surface area contributed by atoms with Crippen LogP contribution in [0.25, 0.3) is 0 Å². The molecule has 1 rings (SSSR count). The highest BCUT2D eigenvalue weighted by molar-refractivity contribution is 7.11. The Kier molecular flexibility index (Phi) is 6.80. The predicted octanol–water partition coefficient (Wildman–Crippen LogP) is 1.59. The third kappa shape index (κ3) is 5.29. The van der Waals surface area contributed by atoms with Gasteiger partial charge in [0.25, 0.3) is 0 Å². The molecule has 0 aliphatic carbocycles. The van der Waals surface area contributed by atoms with Crippen molar-refractivity contribution >= 4 is 23.2 Å². The van der Waals surface area contributed by atoms with Crippen LogP contribution in [0.2, 0.25) is 0 Å². The summed E-state index contributed by atoms with van der Waals surface area (Å²) in [6.45, 7) is 11.7. The van der Waals surface area contributed by atoms with Crippen molar-refractivity contribution in [2.24, 2.45) is 10.4 Å². The summed E-state index contributed by atoms with van der Waals surface area (Å²) in [6.07, 6.45) is 0. The van der Waals surface area contributed by atoms with Crippen molar-refractivity contribution in [2.75, 3.05) is 20.1 Å². The van der Waals surface area contributed by atoms with Crippen LogP contribution in [0.1, 0.15) is 36.3 Å². The van der Waals surface area contributed by atoms with Gasteiger partial charge < -0.3 is 16.0 Å². The third-order valence-electron chi connectivity index (χ3n) is 3.26. The molecule has 0 saturated carbocycles. The Balaban J connectivity index is 2.70. The molecular weight excluding hydrogens is 298 g/mol. The van der Waals surface area contributed by atoms with E-state index in [-0.39, 0.29) is 5.91 Å². The van der Waals surface area contributed by atoms with Crippen LogP contribution in [-0.4, -0.2) is 37.0 Å². The molecule has 0 bridgehead atoms. The van der Waals surface area contributed by atoms with E-state index in [1.807, 2.05) is 34.6 Å². The molecule has 0 unspecified atom stereocenters. The van der Waals surface area contributed by atoms with E-state index in [9.17, 15) is 4.79 Å². The first kappa shape index (κ1) is 18.4. The highest BCUT2D eigenvalue weighted by Crippen LogP contribution is 2.18. The van der Waals surface area contributed by atoms with Crippen molar-refractivity contribution in [3.05, 3.63) is 15.6 Å². The Hall–Kier alpha value is -1.63. The fraction of sp³-hybridized carbons (Fsp3) is 0.667. The van der Waals surface area contributed by atoms with Gasteiger partial charge in [0.05, 0.1) is 22.7 Å². The monoisotopic (exact) mass is 325 g/mol. The average Bonchev–Trinajstić information content (AvgIpc) is 2.79. The van der Waals surface area contributed by atoms with Crippen molar-refractivity contribution in [1.82, 2.24) is 20.9 Å². The molecular formula is C15H27N5OS. The third-order valence-corrected chi connectivity index (χ3v) is 4.32. The lowest BCUT2D eigenvalue weighted by atomic mass is 9.92. The van der Waals surface area contributed by atoms with Gasteiger partial charge in [0.15, 0.2) is 5.96 Å². The van der Waals surface area contributed by atoms with Crippen molar-refractivity contribution < 1.29 is 4.79 Å². The second kappa shape index (κ2) is 8.12. The summed E-state index contributed by atoms with van der Waals surface area (Å²) in [5, 5.41) is 10.2. The van der Waals surface area contributed by atoms with E-state index in [0.29, 0.717) is 19.0 Å². The number of thiazole rings is 1. The van der Waals surface area contributed by atoms with Gasteiger partial charge in [0, 0.05) is 25.0 Å². The van der Waals surface area contributed by atoms with Gasteiger partial charge in [-0.2, -0.15) is 0 Å². The van der Waals surface area contributed by atoms with E-state index < -0.39 is 5.41 Å². The first-order valence-electron chi connectivity index (χ1n) is 7.47. The van der Waals surface area contributed by atoms with Gasteiger partial charge in [-0.1, -0.05) is 0 Å². The fourth-order valence-corrected chi connectivity index (χ4v) is 2.80. The van der Waals surface area contributed by atoms with Crippen LogP contribution in [0, 0.1) is 19.3 Å². The quantitative estimate of drug-likeness (QED) is 0.548. The minimum absolute atomic E-state index is 0.00442. The molecule has 0 radical (unpaired) electrons. The van der Waals surface area contributed by atoms with Gasteiger partial charge >= 0.3 is 0 Å². The number of guanidine groups is 1. The average molecular weight is 325 g/mol. The highest BCUT2D eigenvalue weighted by atomic mass is 32.1. The van der Waals surface area contributed by atoms with Crippen molar-refractivity contribution in [1.29, 1.82) is 0 Å². The van der Waals surface area contributed by atoms with Gasteiger partial charge in [-0.15, -0.1) is 11.3 Å². The maximum atomic E-state index is 11.8. The van der Waals surface area contributed by atoms with Crippen LogP contribution in [0.5, 0.6) is 0 Å². The van der Waals surface area contributed by atoms with Crippen LogP contribution in [-0.2, 0) is 11.3 Å². The number of nitrogens with zero attached hydrogens (tertiary/aromatic N) is 2. The maximum Gasteiger partial charge on any atom is 0.227 e. The number of amides is 1. The van der Waals surface area contributed by atoms with Crippen molar-refractivity contribution in [3.63, 3.8) is 0 Å². The van der Waals surface area contributed by atoms with E-state index in [1.54, 1.807) is 18.4 Å². The normalized spacial score (nSPS) is 12.2. The largest absolute Gasteiger partial charge is 0.359 e. The molecule has 0 fully saturated rings. The minimum atomic E-state index is -0.498. The molecule has 3 N–H and O–H groups in total. The number of aryl methyl sites for hydroxylation is 2. The van der Waals surface area contributed by atoms with Crippen LogP contribution in [0.4, 0.5) is 0 Å². The molecule has 22 heavy (non-hydrogen) atoms. The Labute approximate surface area is 136 Å². The summed E-state index contributed by atoms with van der Waals surface area (Å²) in [7, 11) is 1.65. The lowest BCUT2D eigenvalue weighted by molar-refractivity contribution is -0.128. The van der Waals surface area contributed by atoms with Crippen LogP contribution in [0.3, 0.4) is 0 Å². The SMILES string of the molecule is CCNC(=NCc1sc(C)nc1C)NCC(C)(C)C(=O)NC. The topological polar surface area (TPSA) is 78.4 Å². The van der Waals surface area contributed by atoms with E-state index in [0.717, 1.165) is 17.2 Å². The molecule has 1 heterocycles. The molecule has 124 valence electrons. The zero-order valence-electron chi connectivity index (χ0n) is 14.3. The van der Waals surface area contributed by atoms with Gasteiger partial charge in [-0.05, 0) is 34.6 Å². The summed E-state index contributed by atoms with van der Waals surface area (Å²) in [6, 6.07) is 0. The molecule has 1 aromatic heterocycles. The maximum absolute atomic E-state index is 11.8. The first-order chi connectivity index (χ1) is 10.3. The number of hydrogen-bond donors (Lipinski definition) is 3. The van der Waals surface area contributed by atoms with Crippen LogP contribution in [0.15, 0.2) is 4.99 Å². The van der Waals surface area contributed by atoms with E-state index in [4.69, 9.17) is 0 Å². The number of carbonyl (C=O) groups is 1. The Morgan fingerprint density at radius 3 is 2.50 bits per heavy atom. The lowest BCUT2D eigenvalue weighted by Crippen LogP contribution is -2.47. The molecule has 0 aromatic carbocycles. The molecule has 7 heteroatoms. The van der Waals surface area contributed by atoms with E-state index in [2.05, 4.69) is 25.9 Å².